The summed E-state index contributed by atoms with van der Waals surface area (Å²) in [5, 5.41) is 4.19. The molecule has 3 N–H and O–H groups in total. The summed E-state index contributed by atoms with van der Waals surface area (Å²) >= 11 is 1.52. The SMILES string of the molecule is Cc1cccc2c(N)c(C(=O)NC3CCCCCC3)sc12. The molecule has 0 spiro atoms. The molecule has 0 bridgehead atoms. The summed E-state index contributed by atoms with van der Waals surface area (Å²) in [7, 11) is 0. The maximum Gasteiger partial charge on any atom is 0.263 e. The minimum Gasteiger partial charge on any atom is -0.397 e. The predicted molar refractivity (Wildman–Crippen MR) is 89.9 cm³/mol. The predicted octanol–water partition coefficient (Wildman–Crippen LogP) is 4.24. The van der Waals surface area contributed by atoms with E-state index >= 15 is 0 Å². The number of nitrogens with two attached hydrogens (primary N) is 1. The van der Waals surface area contributed by atoms with Crippen molar-refractivity contribution in [1.29, 1.82) is 0 Å². The highest BCUT2D eigenvalue weighted by atomic mass is 32.1. The lowest BCUT2D eigenvalue weighted by atomic mass is 10.1. The molecule has 0 aliphatic heterocycles. The van der Waals surface area contributed by atoms with Gasteiger partial charge in [0, 0.05) is 16.1 Å². The number of carbonyl (C=O) groups is 1. The zero-order valence-corrected chi connectivity index (χ0v) is 13.3. The number of hydrogen-bond acceptors (Lipinski definition) is 3. The van der Waals surface area contributed by atoms with Crippen molar-refractivity contribution in [3.63, 3.8) is 0 Å². The fraction of sp³-hybridized carbons (Fsp3) is 0.471. The molecular formula is C17H22N2OS. The highest BCUT2D eigenvalue weighted by molar-refractivity contribution is 7.21. The second kappa shape index (κ2) is 6.06. The maximum absolute atomic E-state index is 12.5. The van der Waals surface area contributed by atoms with Crippen LogP contribution in [0.15, 0.2) is 18.2 Å². The largest absolute Gasteiger partial charge is 0.397 e. The van der Waals surface area contributed by atoms with Crippen molar-refractivity contribution in [2.45, 2.75) is 51.5 Å². The molecule has 1 heterocycles. The van der Waals surface area contributed by atoms with Crippen LogP contribution in [0.1, 0.15) is 53.8 Å². The number of fused-ring (bicyclic) bond motifs is 1. The molecule has 3 rings (SSSR count). The normalized spacial score (nSPS) is 16.8. The smallest absolute Gasteiger partial charge is 0.263 e. The third-order valence-electron chi connectivity index (χ3n) is 4.35. The zero-order chi connectivity index (χ0) is 14.8. The van der Waals surface area contributed by atoms with E-state index in [4.69, 9.17) is 5.73 Å². The summed E-state index contributed by atoms with van der Waals surface area (Å²) in [5.41, 5.74) is 8.00. The van der Waals surface area contributed by atoms with Crippen LogP contribution < -0.4 is 11.1 Å². The number of anilines is 1. The van der Waals surface area contributed by atoms with Gasteiger partial charge in [0.25, 0.3) is 5.91 Å². The van der Waals surface area contributed by atoms with Crippen molar-refractivity contribution < 1.29 is 4.79 Å². The van der Waals surface area contributed by atoms with Gasteiger partial charge in [-0.25, -0.2) is 0 Å². The number of nitrogen functional groups attached to an aromatic ring is 1. The summed E-state index contributed by atoms with van der Waals surface area (Å²) in [6.45, 7) is 2.06. The van der Waals surface area contributed by atoms with Crippen molar-refractivity contribution in [3.05, 3.63) is 28.6 Å². The van der Waals surface area contributed by atoms with Gasteiger partial charge >= 0.3 is 0 Å². The van der Waals surface area contributed by atoms with Crippen molar-refractivity contribution in [2.75, 3.05) is 5.73 Å². The van der Waals surface area contributed by atoms with E-state index in [-0.39, 0.29) is 5.91 Å². The Hall–Kier alpha value is -1.55. The van der Waals surface area contributed by atoms with Gasteiger partial charge in [0.05, 0.1) is 5.69 Å². The first-order valence-electron chi connectivity index (χ1n) is 7.75. The molecule has 0 unspecified atom stereocenters. The lowest BCUT2D eigenvalue weighted by Gasteiger charge is -2.15. The molecular weight excluding hydrogens is 280 g/mol. The number of rotatable bonds is 2. The molecule has 112 valence electrons. The summed E-state index contributed by atoms with van der Waals surface area (Å²) in [5.74, 6) is 0. The Kier molecular flexibility index (Phi) is 4.15. The number of carbonyl (C=O) groups excluding carboxylic acids is 1. The first-order valence-corrected chi connectivity index (χ1v) is 8.57. The van der Waals surface area contributed by atoms with E-state index in [0.717, 1.165) is 22.9 Å². The van der Waals surface area contributed by atoms with Gasteiger partial charge in [0.15, 0.2) is 0 Å². The first kappa shape index (κ1) is 14.4. The zero-order valence-electron chi connectivity index (χ0n) is 12.4. The highest BCUT2D eigenvalue weighted by Gasteiger charge is 2.20. The quantitative estimate of drug-likeness (QED) is 0.815. The third-order valence-corrected chi connectivity index (χ3v) is 5.70. The molecule has 1 saturated carbocycles. The van der Waals surface area contributed by atoms with E-state index < -0.39 is 0 Å². The minimum absolute atomic E-state index is 0. The van der Waals surface area contributed by atoms with E-state index in [9.17, 15) is 4.79 Å². The summed E-state index contributed by atoms with van der Waals surface area (Å²) in [4.78, 5) is 13.2. The molecule has 0 atom stereocenters. The standard InChI is InChI=1S/C17H22N2OS/c1-11-7-6-10-13-14(18)16(21-15(11)13)17(20)19-12-8-4-2-3-5-9-12/h6-7,10,12H,2-5,8-9,18H2,1H3,(H,19,20). The van der Waals surface area contributed by atoms with Crippen LogP contribution in [0.25, 0.3) is 10.1 Å². The molecule has 21 heavy (non-hydrogen) atoms. The van der Waals surface area contributed by atoms with Crippen LogP contribution in [0.2, 0.25) is 0 Å². The van der Waals surface area contributed by atoms with Crippen molar-refractivity contribution in [1.82, 2.24) is 5.32 Å². The van der Waals surface area contributed by atoms with E-state index in [0.29, 0.717) is 16.6 Å². The Balaban J connectivity index is 1.84. The van der Waals surface area contributed by atoms with Gasteiger partial charge in [-0.05, 0) is 25.3 Å². The van der Waals surface area contributed by atoms with E-state index in [1.165, 1.54) is 42.6 Å². The molecule has 1 amide bonds. The molecule has 1 aromatic heterocycles. The fourth-order valence-corrected chi connectivity index (χ4v) is 4.22. The molecule has 4 heteroatoms. The number of amides is 1. The summed E-state index contributed by atoms with van der Waals surface area (Å²) in [6, 6.07) is 6.36. The van der Waals surface area contributed by atoms with Crippen LogP contribution in [-0.4, -0.2) is 11.9 Å². The Labute approximate surface area is 129 Å². The Morgan fingerprint density at radius 1 is 1.24 bits per heavy atom. The first-order chi connectivity index (χ1) is 10.2. The van der Waals surface area contributed by atoms with Crippen LogP contribution in [-0.2, 0) is 0 Å². The maximum atomic E-state index is 12.5. The number of thiophene rings is 1. The number of hydrogen-bond donors (Lipinski definition) is 2. The van der Waals surface area contributed by atoms with Gasteiger partial charge < -0.3 is 11.1 Å². The summed E-state index contributed by atoms with van der Waals surface area (Å²) in [6.07, 6.45) is 7.19. The van der Waals surface area contributed by atoms with Crippen LogP contribution in [0, 0.1) is 6.92 Å². The van der Waals surface area contributed by atoms with Crippen LogP contribution in [0.4, 0.5) is 5.69 Å². The Bertz CT molecular complexity index is 654. The van der Waals surface area contributed by atoms with Gasteiger partial charge in [-0.3, -0.25) is 4.79 Å². The van der Waals surface area contributed by atoms with Crippen molar-refractivity contribution in [2.24, 2.45) is 0 Å². The number of aryl methyl sites for hydroxylation is 1. The lowest BCUT2D eigenvalue weighted by Crippen LogP contribution is -2.34. The minimum atomic E-state index is 0. The van der Waals surface area contributed by atoms with Crippen molar-refractivity contribution >= 4 is 33.0 Å². The fourth-order valence-electron chi connectivity index (χ4n) is 3.12. The third kappa shape index (κ3) is 2.91. The van der Waals surface area contributed by atoms with E-state index in [2.05, 4.69) is 18.3 Å². The van der Waals surface area contributed by atoms with Crippen LogP contribution in [0.5, 0.6) is 0 Å². The average molecular weight is 302 g/mol. The lowest BCUT2D eigenvalue weighted by molar-refractivity contribution is 0.0938. The Morgan fingerprint density at radius 2 is 1.95 bits per heavy atom. The molecule has 0 radical (unpaired) electrons. The van der Waals surface area contributed by atoms with Gasteiger partial charge in [-0.1, -0.05) is 43.9 Å². The molecule has 2 aromatic rings. The topological polar surface area (TPSA) is 55.1 Å². The second-order valence-electron chi connectivity index (χ2n) is 5.96. The van der Waals surface area contributed by atoms with Gasteiger partial charge in [-0.15, -0.1) is 11.3 Å². The van der Waals surface area contributed by atoms with Gasteiger partial charge in [0.1, 0.15) is 4.88 Å². The second-order valence-corrected chi connectivity index (χ2v) is 6.98. The van der Waals surface area contributed by atoms with E-state index in [1.54, 1.807) is 0 Å². The molecule has 0 saturated heterocycles. The average Bonchev–Trinajstić information content (AvgIpc) is 2.65. The molecule has 1 aromatic carbocycles. The highest BCUT2D eigenvalue weighted by Crippen LogP contribution is 2.35. The Morgan fingerprint density at radius 3 is 2.62 bits per heavy atom. The summed E-state index contributed by atoms with van der Waals surface area (Å²) < 4.78 is 1.13. The molecule has 1 aliphatic carbocycles. The monoisotopic (exact) mass is 302 g/mol. The van der Waals surface area contributed by atoms with Crippen molar-refractivity contribution in [3.8, 4) is 0 Å². The molecule has 1 fully saturated rings. The van der Waals surface area contributed by atoms with Crippen LogP contribution >= 0.6 is 11.3 Å². The van der Waals surface area contributed by atoms with Gasteiger partial charge in [-0.2, -0.15) is 0 Å². The molecule has 1 aliphatic rings. The number of benzene rings is 1. The number of nitrogens with one attached hydrogen (secondary N) is 1. The van der Waals surface area contributed by atoms with E-state index in [1.807, 2.05) is 12.1 Å². The van der Waals surface area contributed by atoms with Gasteiger partial charge in [0.2, 0.25) is 0 Å². The molecule has 3 nitrogen and oxygen atoms in total. The van der Waals surface area contributed by atoms with Crippen LogP contribution in [0.3, 0.4) is 0 Å².